The quantitative estimate of drug-likeness (QED) is 0.802. The summed E-state index contributed by atoms with van der Waals surface area (Å²) in [5, 5.41) is 0.627. The number of benzene rings is 1. The SMILES string of the molecule is CC(C)CN(CC(C)C)c1ccc(C(N)=S)c(Cl)c1. The molecule has 0 atom stereocenters. The van der Waals surface area contributed by atoms with Crippen LogP contribution in [0.3, 0.4) is 0 Å². The molecule has 0 amide bonds. The fourth-order valence-electron chi connectivity index (χ4n) is 2.07. The van der Waals surface area contributed by atoms with Crippen molar-refractivity contribution >= 4 is 34.5 Å². The van der Waals surface area contributed by atoms with Gasteiger partial charge in [-0.25, -0.2) is 0 Å². The van der Waals surface area contributed by atoms with Gasteiger partial charge in [-0.2, -0.15) is 0 Å². The minimum Gasteiger partial charge on any atom is -0.389 e. The Balaban J connectivity index is 3.02. The van der Waals surface area contributed by atoms with E-state index in [-0.39, 0.29) is 0 Å². The first-order chi connectivity index (χ1) is 8.81. The molecule has 19 heavy (non-hydrogen) atoms. The number of anilines is 1. The normalized spacial score (nSPS) is 11.1. The third kappa shape index (κ3) is 5.00. The first-order valence-corrected chi connectivity index (χ1v) is 7.44. The van der Waals surface area contributed by atoms with Crippen LogP contribution in [0.5, 0.6) is 0 Å². The third-order valence-electron chi connectivity index (χ3n) is 2.75. The monoisotopic (exact) mass is 298 g/mol. The van der Waals surface area contributed by atoms with Crippen molar-refractivity contribution in [2.75, 3.05) is 18.0 Å². The number of halogens is 1. The number of hydrogen-bond acceptors (Lipinski definition) is 2. The Bertz CT molecular complexity index is 434. The molecule has 1 rings (SSSR count). The predicted molar refractivity (Wildman–Crippen MR) is 89.2 cm³/mol. The van der Waals surface area contributed by atoms with Gasteiger partial charge in [0, 0.05) is 24.3 Å². The lowest BCUT2D eigenvalue weighted by Gasteiger charge is -2.29. The van der Waals surface area contributed by atoms with Gasteiger partial charge in [-0.1, -0.05) is 51.5 Å². The number of rotatable bonds is 6. The van der Waals surface area contributed by atoms with E-state index in [1.54, 1.807) is 0 Å². The highest BCUT2D eigenvalue weighted by Crippen LogP contribution is 2.25. The topological polar surface area (TPSA) is 29.3 Å². The van der Waals surface area contributed by atoms with Gasteiger partial charge in [-0.3, -0.25) is 0 Å². The maximum absolute atomic E-state index is 6.25. The average Bonchev–Trinajstić information content (AvgIpc) is 2.26. The molecule has 0 fully saturated rings. The van der Waals surface area contributed by atoms with Crippen LogP contribution in [0.15, 0.2) is 18.2 Å². The van der Waals surface area contributed by atoms with Crippen molar-refractivity contribution < 1.29 is 0 Å². The zero-order valence-corrected chi connectivity index (χ0v) is 13.7. The summed E-state index contributed by atoms with van der Waals surface area (Å²) in [6, 6.07) is 5.92. The molecule has 0 bridgehead atoms. The molecule has 0 spiro atoms. The lowest BCUT2D eigenvalue weighted by atomic mass is 10.1. The molecule has 106 valence electrons. The van der Waals surface area contributed by atoms with Crippen molar-refractivity contribution in [1.29, 1.82) is 0 Å². The van der Waals surface area contributed by atoms with Gasteiger partial charge < -0.3 is 10.6 Å². The van der Waals surface area contributed by atoms with Crippen LogP contribution in [-0.2, 0) is 0 Å². The third-order valence-corrected chi connectivity index (χ3v) is 3.29. The number of nitrogens with zero attached hydrogens (tertiary/aromatic N) is 1. The van der Waals surface area contributed by atoms with E-state index >= 15 is 0 Å². The second-order valence-electron chi connectivity index (χ2n) is 5.72. The minimum atomic E-state index is 0.343. The largest absolute Gasteiger partial charge is 0.389 e. The molecule has 1 aromatic rings. The summed E-state index contributed by atoms with van der Waals surface area (Å²) in [5.41, 5.74) is 7.51. The Morgan fingerprint density at radius 1 is 1.21 bits per heavy atom. The average molecular weight is 299 g/mol. The van der Waals surface area contributed by atoms with E-state index < -0.39 is 0 Å². The summed E-state index contributed by atoms with van der Waals surface area (Å²) in [6.45, 7) is 10.9. The van der Waals surface area contributed by atoms with Crippen molar-refractivity contribution in [2.45, 2.75) is 27.7 Å². The van der Waals surface area contributed by atoms with E-state index in [9.17, 15) is 0 Å². The van der Waals surface area contributed by atoms with E-state index in [1.165, 1.54) is 0 Å². The van der Waals surface area contributed by atoms with Crippen molar-refractivity contribution in [3.63, 3.8) is 0 Å². The van der Waals surface area contributed by atoms with E-state index in [1.807, 2.05) is 18.2 Å². The van der Waals surface area contributed by atoms with Gasteiger partial charge in [-0.05, 0) is 30.0 Å². The molecule has 0 radical (unpaired) electrons. The van der Waals surface area contributed by atoms with Crippen molar-refractivity contribution in [1.82, 2.24) is 0 Å². The van der Waals surface area contributed by atoms with Crippen LogP contribution in [-0.4, -0.2) is 18.1 Å². The second-order valence-corrected chi connectivity index (χ2v) is 6.57. The van der Waals surface area contributed by atoms with Gasteiger partial charge in [0.2, 0.25) is 0 Å². The number of nitrogens with two attached hydrogens (primary N) is 1. The molecular weight excluding hydrogens is 276 g/mol. The van der Waals surface area contributed by atoms with E-state index in [2.05, 4.69) is 32.6 Å². The summed E-state index contributed by atoms with van der Waals surface area (Å²) in [5.74, 6) is 1.21. The standard InChI is InChI=1S/C15H23ClN2S/c1-10(2)8-18(9-11(3)4)12-5-6-13(15(17)19)14(16)7-12/h5-7,10-11H,8-9H2,1-4H3,(H2,17,19). The van der Waals surface area contributed by atoms with Crippen LogP contribution >= 0.6 is 23.8 Å². The number of hydrogen-bond donors (Lipinski definition) is 1. The molecule has 2 N–H and O–H groups in total. The number of thiocarbonyl (C=S) groups is 1. The predicted octanol–water partition coefficient (Wildman–Crippen LogP) is 4.09. The molecule has 0 saturated heterocycles. The molecule has 0 heterocycles. The Morgan fingerprint density at radius 2 is 1.74 bits per heavy atom. The van der Waals surface area contributed by atoms with Crippen LogP contribution in [0, 0.1) is 11.8 Å². The summed E-state index contributed by atoms with van der Waals surface area (Å²) in [6.07, 6.45) is 0. The highest BCUT2D eigenvalue weighted by atomic mass is 35.5. The van der Waals surface area contributed by atoms with Crippen molar-refractivity contribution in [3.8, 4) is 0 Å². The molecule has 0 saturated carbocycles. The molecule has 0 aliphatic carbocycles. The van der Waals surface area contributed by atoms with E-state index in [4.69, 9.17) is 29.6 Å². The van der Waals surface area contributed by atoms with E-state index in [0.717, 1.165) is 24.3 Å². The fourth-order valence-corrected chi connectivity index (χ4v) is 2.58. The van der Waals surface area contributed by atoms with Crippen LogP contribution in [0.25, 0.3) is 0 Å². The van der Waals surface area contributed by atoms with Crippen LogP contribution in [0.2, 0.25) is 5.02 Å². The van der Waals surface area contributed by atoms with Crippen LogP contribution < -0.4 is 10.6 Å². The molecule has 0 unspecified atom stereocenters. The zero-order valence-electron chi connectivity index (χ0n) is 12.1. The van der Waals surface area contributed by atoms with Gasteiger partial charge in [-0.15, -0.1) is 0 Å². The van der Waals surface area contributed by atoms with E-state index in [0.29, 0.717) is 21.8 Å². The lowest BCUT2D eigenvalue weighted by molar-refractivity contribution is 0.553. The second kappa shape index (κ2) is 7.11. The van der Waals surface area contributed by atoms with Gasteiger partial charge in [0.05, 0.1) is 5.02 Å². The highest BCUT2D eigenvalue weighted by molar-refractivity contribution is 7.80. The summed E-state index contributed by atoms with van der Waals surface area (Å²) >= 11 is 11.2. The summed E-state index contributed by atoms with van der Waals surface area (Å²) in [4.78, 5) is 2.71. The molecule has 0 aliphatic heterocycles. The first-order valence-electron chi connectivity index (χ1n) is 6.65. The van der Waals surface area contributed by atoms with Crippen LogP contribution in [0.4, 0.5) is 5.69 Å². The van der Waals surface area contributed by atoms with Gasteiger partial charge in [0.15, 0.2) is 0 Å². The van der Waals surface area contributed by atoms with Crippen LogP contribution in [0.1, 0.15) is 33.3 Å². The zero-order chi connectivity index (χ0) is 14.6. The molecular formula is C15H23ClN2S. The molecule has 2 nitrogen and oxygen atoms in total. The highest BCUT2D eigenvalue weighted by Gasteiger charge is 2.13. The van der Waals surface area contributed by atoms with Gasteiger partial charge >= 0.3 is 0 Å². The van der Waals surface area contributed by atoms with Crippen molar-refractivity contribution in [2.24, 2.45) is 17.6 Å². The fraction of sp³-hybridized carbons (Fsp3) is 0.533. The Hall–Kier alpha value is -0.800. The van der Waals surface area contributed by atoms with Gasteiger partial charge in [0.1, 0.15) is 4.99 Å². The Labute approximate surface area is 126 Å². The molecule has 0 aliphatic rings. The molecule has 0 aromatic heterocycles. The summed E-state index contributed by atoms with van der Waals surface area (Å²) in [7, 11) is 0. The summed E-state index contributed by atoms with van der Waals surface area (Å²) < 4.78 is 0. The lowest BCUT2D eigenvalue weighted by Crippen LogP contribution is -2.31. The van der Waals surface area contributed by atoms with Crippen molar-refractivity contribution in [3.05, 3.63) is 28.8 Å². The minimum absolute atomic E-state index is 0.343. The maximum Gasteiger partial charge on any atom is 0.105 e. The Kier molecular flexibility index (Phi) is 6.08. The first kappa shape index (κ1) is 16.3. The van der Waals surface area contributed by atoms with Gasteiger partial charge in [0.25, 0.3) is 0 Å². The molecule has 4 heteroatoms. The Morgan fingerprint density at radius 3 is 2.11 bits per heavy atom. The smallest absolute Gasteiger partial charge is 0.105 e. The maximum atomic E-state index is 6.25. The molecule has 1 aromatic carbocycles.